The van der Waals surface area contributed by atoms with Crippen LogP contribution in [-0.2, 0) is 13.1 Å². The number of nitrogens with two attached hydrogens (primary N) is 1. The molecule has 1 aromatic heterocycles. The van der Waals surface area contributed by atoms with Crippen molar-refractivity contribution in [3.05, 3.63) is 33.5 Å². The molecule has 0 unspecified atom stereocenters. The molecule has 0 saturated heterocycles. The molecule has 0 fully saturated rings. The van der Waals surface area contributed by atoms with E-state index in [1.54, 1.807) is 0 Å². The Morgan fingerprint density at radius 3 is 2.72 bits per heavy atom. The first-order valence-corrected chi connectivity index (χ1v) is 6.91. The van der Waals surface area contributed by atoms with E-state index in [1.165, 1.54) is 0 Å². The maximum atomic E-state index is 6.06. The fraction of sp³-hybridized carbons (Fsp3) is 0.333. The Morgan fingerprint density at radius 2 is 2.11 bits per heavy atom. The number of hydrogen-bond acceptors (Lipinski definition) is 3. The van der Waals surface area contributed by atoms with Crippen molar-refractivity contribution in [1.29, 1.82) is 0 Å². The fourth-order valence-electron chi connectivity index (χ4n) is 1.84. The minimum absolute atomic E-state index is 0.384. The molecule has 1 heterocycles. The molecule has 4 nitrogen and oxygen atoms in total. The van der Waals surface area contributed by atoms with Crippen molar-refractivity contribution in [2.24, 2.45) is 5.73 Å². The lowest BCUT2D eigenvalue weighted by Gasteiger charge is -2.08. The summed E-state index contributed by atoms with van der Waals surface area (Å²) in [6.07, 6.45) is 1.000. The van der Waals surface area contributed by atoms with Crippen molar-refractivity contribution in [3.8, 4) is 11.4 Å². The summed E-state index contributed by atoms with van der Waals surface area (Å²) in [5.41, 5.74) is 6.61. The van der Waals surface area contributed by atoms with Gasteiger partial charge in [-0.15, -0.1) is 10.2 Å². The molecule has 0 atom stereocenters. The normalized spacial score (nSPS) is 10.9. The Morgan fingerprint density at radius 1 is 1.33 bits per heavy atom. The van der Waals surface area contributed by atoms with Crippen molar-refractivity contribution in [1.82, 2.24) is 14.8 Å². The van der Waals surface area contributed by atoms with E-state index in [0.717, 1.165) is 34.7 Å². The summed E-state index contributed by atoms with van der Waals surface area (Å²) >= 11 is 9.49. The summed E-state index contributed by atoms with van der Waals surface area (Å²) < 4.78 is 2.96. The topological polar surface area (TPSA) is 56.7 Å². The lowest BCUT2D eigenvalue weighted by atomic mass is 10.2. The van der Waals surface area contributed by atoms with Crippen LogP contribution >= 0.6 is 27.5 Å². The Labute approximate surface area is 119 Å². The molecule has 2 rings (SSSR count). The summed E-state index contributed by atoms with van der Waals surface area (Å²) in [5, 5.41) is 9.00. The van der Waals surface area contributed by atoms with Crippen LogP contribution in [0.4, 0.5) is 0 Å². The average molecular weight is 330 g/mol. The van der Waals surface area contributed by atoms with Gasteiger partial charge in [0.2, 0.25) is 0 Å². The van der Waals surface area contributed by atoms with Crippen LogP contribution < -0.4 is 5.73 Å². The van der Waals surface area contributed by atoms with Gasteiger partial charge in [-0.25, -0.2) is 0 Å². The maximum Gasteiger partial charge on any atom is 0.164 e. The van der Waals surface area contributed by atoms with E-state index in [0.29, 0.717) is 11.6 Å². The van der Waals surface area contributed by atoms with Crippen LogP contribution in [-0.4, -0.2) is 14.8 Å². The second kappa shape index (κ2) is 5.82. The van der Waals surface area contributed by atoms with E-state index in [4.69, 9.17) is 17.3 Å². The van der Waals surface area contributed by atoms with Crippen LogP contribution in [0, 0.1) is 0 Å². The van der Waals surface area contributed by atoms with Crippen molar-refractivity contribution < 1.29 is 0 Å². The molecule has 0 aliphatic rings. The molecule has 18 heavy (non-hydrogen) atoms. The van der Waals surface area contributed by atoms with Crippen LogP contribution in [0.3, 0.4) is 0 Å². The molecule has 0 amide bonds. The zero-order valence-corrected chi connectivity index (χ0v) is 12.4. The van der Waals surface area contributed by atoms with Crippen molar-refractivity contribution in [3.63, 3.8) is 0 Å². The standard InChI is InChI=1S/C12H14BrClN4/c1-2-3-18-11(7-15)16-17-12(18)8-4-9(13)6-10(14)5-8/h4-6H,2-3,7,15H2,1H3. The van der Waals surface area contributed by atoms with Gasteiger partial charge in [0.05, 0.1) is 6.54 Å². The molecular weight excluding hydrogens is 316 g/mol. The molecule has 0 saturated carbocycles. The zero-order valence-electron chi connectivity index (χ0n) is 10.0. The van der Waals surface area contributed by atoms with E-state index in [9.17, 15) is 0 Å². The van der Waals surface area contributed by atoms with Gasteiger partial charge < -0.3 is 10.3 Å². The molecule has 96 valence electrons. The average Bonchev–Trinajstić information content (AvgIpc) is 2.71. The number of benzene rings is 1. The van der Waals surface area contributed by atoms with Gasteiger partial charge in [0.25, 0.3) is 0 Å². The van der Waals surface area contributed by atoms with Crippen molar-refractivity contribution in [2.75, 3.05) is 0 Å². The van der Waals surface area contributed by atoms with Crippen molar-refractivity contribution >= 4 is 27.5 Å². The largest absolute Gasteiger partial charge is 0.324 e. The Balaban J connectivity index is 2.52. The molecule has 0 aliphatic carbocycles. The highest BCUT2D eigenvalue weighted by molar-refractivity contribution is 9.10. The Kier molecular flexibility index (Phi) is 4.37. The van der Waals surface area contributed by atoms with E-state index >= 15 is 0 Å². The highest BCUT2D eigenvalue weighted by atomic mass is 79.9. The molecule has 2 N–H and O–H groups in total. The predicted octanol–water partition coefficient (Wildman–Crippen LogP) is 3.23. The van der Waals surface area contributed by atoms with Gasteiger partial charge in [0, 0.05) is 21.6 Å². The van der Waals surface area contributed by atoms with E-state index in [2.05, 4.69) is 33.1 Å². The molecule has 0 radical (unpaired) electrons. The number of halogens is 2. The number of nitrogens with zero attached hydrogens (tertiary/aromatic N) is 3. The smallest absolute Gasteiger partial charge is 0.164 e. The van der Waals surface area contributed by atoms with Crippen LogP contribution in [0.2, 0.25) is 5.02 Å². The van der Waals surface area contributed by atoms with Gasteiger partial charge in [-0.3, -0.25) is 0 Å². The van der Waals surface area contributed by atoms with Crippen LogP contribution in [0.15, 0.2) is 22.7 Å². The molecule has 0 bridgehead atoms. The minimum Gasteiger partial charge on any atom is -0.324 e. The quantitative estimate of drug-likeness (QED) is 0.937. The Hall–Kier alpha value is -0.910. The maximum absolute atomic E-state index is 6.06. The Bertz CT molecular complexity index is 533. The van der Waals surface area contributed by atoms with Crippen LogP contribution in [0.5, 0.6) is 0 Å². The monoisotopic (exact) mass is 328 g/mol. The molecule has 1 aromatic carbocycles. The van der Waals surface area contributed by atoms with Crippen LogP contribution in [0.1, 0.15) is 19.2 Å². The van der Waals surface area contributed by atoms with Gasteiger partial charge >= 0.3 is 0 Å². The summed E-state index contributed by atoms with van der Waals surface area (Å²) in [4.78, 5) is 0. The summed E-state index contributed by atoms with van der Waals surface area (Å²) in [6.45, 7) is 3.34. The second-order valence-electron chi connectivity index (χ2n) is 3.95. The second-order valence-corrected chi connectivity index (χ2v) is 5.31. The van der Waals surface area contributed by atoms with E-state index in [-0.39, 0.29) is 0 Å². The third-order valence-corrected chi connectivity index (χ3v) is 3.25. The third-order valence-electron chi connectivity index (χ3n) is 2.58. The highest BCUT2D eigenvalue weighted by Crippen LogP contribution is 2.27. The first-order chi connectivity index (χ1) is 8.65. The third kappa shape index (κ3) is 2.74. The van der Waals surface area contributed by atoms with Crippen molar-refractivity contribution in [2.45, 2.75) is 26.4 Å². The highest BCUT2D eigenvalue weighted by Gasteiger charge is 2.13. The van der Waals surface area contributed by atoms with E-state index < -0.39 is 0 Å². The fourth-order valence-corrected chi connectivity index (χ4v) is 2.70. The molecule has 6 heteroatoms. The summed E-state index contributed by atoms with van der Waals surface area (Å²) in [5.74, 6) is 1.60. The molecule has 2 aromatic rings. The minimum atomic E-state index is 0.384. The van der Waals surface area contributed by atoms with Gasteiger partial charge in [0.1, 0.15) is 5.82 Å². The van der Waals surface area contributed by atoms with E-state index in [1.807, 2.05) is 22.8 Å². The number of rotatable bonds is 4. The lowest BCUT2D eigenvalue weighted by molar-refractivity contribution is 0.644. The number of aromatic nitrogens is 3. The van der Waals surface area contributed by atoms with Gasteiger partial charge in [-0.1, -0.05) is 34.5 Å². The van der Waals surface area contributed by atoms with Gasteiger partial charge in [-0.05, 0) is 24.6 Å². The van der Waals surface area contributed by atoms with Gasteiger partial charge in [0.15, 0.2) is 5.82 Å². The molecule has 0 spiro atoms. The molecule has 0 aliphatic heterocycles. The summed E-state index contributed by atoms with van der Waals surface area (Å²) in [6, 6.07) is 5.70. The first-order valence-electron chi connectivity index (χ1n) is 5.74. The SMILES string of the molecule is CCCn1c(CN)nnc1-c1cc(Cl)cc(Br)c1. The zero-order chi connectivity index (χ0) is 13.1. The number of hydrogen-bond donors (Lipinski definition) is 1. The van der Waals surface area contributed by atoms with Gasteiger partial charge in [-0.2, -0.15) is 0 Å². The lowest BCUT2D eigenvalue weighted by Crippen LogP contribution is -2.09. The molecular formula is C12H14BrClN4. The summed E-state index contributed by atoms with van der Waals surface area (Å²) in [7, 11) is 0. The first kappa shape index (κ1) is 13.5. The predicted molar refractivity (Wildman–Crippen MR) is 76.4 cm³/mol. The van der Waals surface area contributed by atoms with Crippen LogP contribution in [0.25, 0.3) is 11.4 Å².